The molecule has 1 saturated carbocycles. The van der Waals surface area contributed by atoms with Gasteiger partial charge in [-0.05, 0) is 39.9 Å². The standard InChI is InChI=1S/C12H13BrClNO/c1-12(2)6-7(12)11(16)15-9-5-3-4-8(14)10(9)13/h3-5,7H,6H2,1-2H3,(H,15,16). The fourth-order valence-corrected chi connectivity index (χ4v) is 2.27. The Bertz CT molecular complexity index is 445. The number of nitrogens with one attached hydrogen (secondary N) is 1. The molecular weight excluding hydrogens is 289 g/mol. The Hall–Kier alpha value is -0.540. The number of carbonyl (C=O) groups is 1. The lowest BCUT2D eigenvalue weighted by Crippen LogP contribution is -2.16. The maximum absolute atomic E-state index is 11.9. The van der Waals surface area contributed by atoms with Crippen LogP contribution in [0.25, 0.3) is 0 Å². The summed E-state index contributed by atoms with van der Waals surface area (Å²) in [6.45, 7) is 4.20. The van der Waals surface area contributed by atoms with Gasteiger partial charge in [-0.1, -0.05) is 31.5 Å². The summed E-state index contributed by atoms with van der Waals surface area (Å²) in [6.07, 6.45) is 0.955. The second kappa shape index (κ2) is 4.04. The van der Waals surface area contributed by atoms with Crippen LogP contribution in [0.15, 0.2) is 22.7 Å². The van der Waals surface area contributed by atoms with E-state index in [1.165, 1.54) is 0 Å². The highest BCUT2D eigenvalue weighted by molar-refractivity contribution is 9.10. The predicted molar refractivity (Wildman–Crippen MR) is 69.7 cm³/mol. The molecule has 0 aromatic heterocycles. The number of hydrogen-bond donors (Lipinski definition) is 1. The quantitative estimate of drug-likeness (QED) is 0.876. The molecule has 1 fully saturated rings. The van der Waals surface area contributed by atoms with E-state index in [1.807, 2.05) is 12.1 Å². The molecule has 0 saturated heterocycles. The highest BCUT2D eigenvalue weighted by Crippen LogP contribution is 2.52. The molecule has 86 valence electrons. The average molecular weight is 303 g/mol. The van der Waals surface area contributed by atoms with E-state index in [2.05, 4.69) is 35.1 Å². The summed E-state index contributed by atoms with van der Waals surface area (Å²) in [5, 5.41) is 3.50. The topological polar surface area (TPSA) is 29.1 Å². The number of hydrogen-bond acceptors (Lipinski definition) is 1. The highest BCUT2D eigenvalue weighted by atomic mass is 79.9. The van der Waals surface area contributed by atoms with Crippen LogP contribution in [0.1, 0.15) is 20.3 Å². The molecule has 1 atom stereocenters. The molecule has 2 rings (SSSR count). The van der Waals surface area contributed by atoms with Crippen LogP contribution in [0, 0.1) is 11.3 Å². The molecule has 1 aromatic carbocycles. The molecular formula is C12H13BrClNO. The van der Waals surface area contributed by atoms with Crippen molar-refractivity contribution in [1.82, 2.24) is 0 Å². The van der Waals surface area contributed by atoms with Gasteiger partial charge in [0.25, 0.3) is 0 Å². The van der Waals surface area contributed by atoms with Gasteiger partial charge in [-0.15, -0.1) is 0 Å². The SMILES string of the molecule is CC1(C)CC1C(=O)Nc1cccc(Cl)c1Br. The van der Waals surface area contributed by atoms with Crippen LogP contribution in [0.3, 0.4) is 0 Å². The van der Waals surface area contributed by atoms with E-state index in [9.17, 15) is 4.79 Å². The van der Waals surface area contributed by atoms with Crippen LogP contribution < -0.4 is 5.32 Å². The first kappa shape index (κ1) is 11.9. The molecule has 1 unspecified atom stereocenters. The van der Waals surface area contributed by atoms with Crippen molar-refractivity contribution >= 4 is 39.1 Å². The predicted octanol–water partition coefficient (Wildman–Crippen LogP) is 4.09. The number of benzene rings is 1. The number of halogens is 2. The molecule has 2 nitrogen and oxygen atoms in total. The highest BCUT2D eigenvalue weighted by Gasteiger charge is 2.50. The van der Waals surface area contributed by atoms with E-state index in [0.717, 1.165) is 16.6 Å². The molecule has 1 aliphatic rings. The third-order valence-corrected chi connectivity index (χ3v) is 4.44. The van der Waals surface area contributed by atoms with Gasteiger partial charge < -0.3 is 5.32 Å². The van der Waals surface area contributed by atoms with E-state index >= 15 is 0 Å². The van der Waals surface area contributed by atoms with Crippen LogP contribution in [0.4, 0.5) is 5.69 Å². The zero-order chi connectivity index (χ0) is 11.9. The van der Waals surface area contributed by atoms with Crippen molar-refractivity contribution in [1.29, 1.82) is 0 Å². The molecule has 1 amide bonds. The minimum absolute atomic E-state index is 0.0768. The van der Waals surface area contributed by atoms with Gasteiger partial charge in [-0.3, -0.25) is 4.79 Å². The largest absolute Gasteiger partial charge is 0.325 e. The number of carbonyl (C=O) groups excluding carboxylic acids is 1. The second-order valence-corrected chi connectivity index (χ2v) is 6.04. The molecule has 0 heterocycles. The fourth-order valence-electron chi connectivity index (χ4n) is 1.73. The van der Waals surface area contributed by atoms with Gasteiger partial charge in [-0.25, -0.2) is 0 Å². The minimum atomic E-state index is 0.0768. The van der Waals surface area contributed by atoms with Crippen molar-refractivity contribution in [3.8, 4) is 0 Å². The van der Waals surface area contributed by atoms with Crippen molar-refractivity contribution in [3.05, 3.63) is 27.7 Å². The van der Waals surface area contributed by atoms with Crippen molar-refractivity contribution in [2.75, 3.05) is 5.32 Å². The van der Waals surface area contributed by atoms with E-state index in [0.29, 0.717) is 5.02 Å². The Morgan fingerprint density at radius 2 is 2.19 bits per heavy atom. The average Bonchev–Trinajstić information content (AvgIpc) is 2.83. The Morgan fingerprint density at radius 1 is 1.56 bits per heavy atom. The van der Waals surface area contributed by atoms with Gasteiger partial charge >= 0.3 is 0 Å². The third kappa shape index (κ3) is 2.25. The summed E-state index contributed by atoms with van der Waals surface area (Å²) >= 11 is 9.31. The van der Waals surface area contributed by atoms with Crippen molar-refractivity contribution in [3.63, 3.8) is 0 Å². The lowest BCUT2D eigenvalue weighted by molar-refractivity contribution is -0.118. The zero-order valence-electron chi connectivity index (χ0n) is 9.18. The van der Waals surface area contributed by atoms with Gasteiger partial charge in [0.1, 0.15) is 0 Å². The smallest absolute Gasteiger partial charge is 0.228 e. The molecule has 1 aromatic rings. The molecule has 16 heavy (non-hydrogen) atoms. The Labute approximate surface area is 108 Å². The number of anilines is 1. The third-order valence-electron chi connectivity index (χ3n) is 3.04. The van der Waals surface area contributed by atoms with Gasteiger partial charge in [-0.2, -0.15) is 0 Å². The van der Waals surface area contributed by atoms with Crippen LogP contribution in [0.2, 0.25) is 5.02 Å². The van der Waals surface area contributed by atoms with Crippen LogP contribution in [-0.2, 0) is 4.79 Å². The van der Waals surface area contributed by atoms with Crippen molar-refractivity contribution in [2.24, 2.45) is 11.3 Å². The van der Waals surface area contributed by atoms with Crippen molar-refractivity contribution < 1.29 is 4.79 Å². The second-order valence-electron chi connectivity index (χ2n) is 4.84. The normalized spacial score (nSPS) is 21.6. The summed E-state index contributed by atoms with van der Waals surface area (Å²) < 4.78 is 0.739. The van der Waals surface area contributed by atoms with Crippen LogP contribution >= 0.6 is 27.5 Å². The maximum Gasteiger partial charge on any atom is 0.228 e. The Morgan fingerprint density at radius 3 is 2.75 bits per heavy atom. The van der Waals surface area contributed by atoms with E-state index in [4.69, 9.17) is 11.6 Å². The lowest BCUT2D eigenvalue weighted by atomic mass is 10.1. The van der Waals surface area contributed by atoms with Gasteiger partial charge in [0.15, 0.2) is 0 Å². The summed E-state index contributed by atoms with van der Waals surface area (Å²) in [7, 11) is 0. The number of rotatable bonds is 2. The fraction of sp³-hybridized carbons (Fsp3) is 0.417. The first-order chi connectivity index (χ1) is 7.42. The monoisotopic (exact) mass is 301 g/mol. The first-order valence-electron chi connectivity index (χ1n) is 5.17. The van der Waals surface area contributed by atoms with E-state index in [1.54, 1.807) is 6.07 Å². The van der Waals surface area contributed by atoms with Gasteiger partial charge in [0, 0.05) is 5.92 Å². The van der Waals surface area contributed by atoms with Crippen LogP contribution in [0.5, 0.6) is 0 Å². The molecule has 0 spiro atoms. The summed E-state index contributed by atoms with van der Waals surface area (Å²) in [4.78, 5) is 11.9. The van der Waals surface area contributed by atoms with Gasteiger partial charge in [0.05, 0.1) is 15.2 Å². The molecule has 0 aliphatic heterocycles. The summed E-state index contributed by atoms with van der Waals surface area (Å²) in [6, 6.07) is 5.44. The Kier molecular flexibility index (Phi) is 3.01. The van der Waals surface area contributed by atoms with Crippen molar-refractivity contribution in [2.45, 2.75) is 20.3 Å². The molecule has 1 N–H and O–H groups in total. The zero-order valence-corrected chi connectivity index (χ0v) is 11.5. The summed E-state index contributed by atoms with van der Waals surface area (Å²) in [5.74, 6) is 0.200. The van der Waals surface area contributed by atoms with Gasteiger partial charge in [0.2, 0.25) is 5.91 Å². The molecule has 0 radical (unpaired) electrons. The lowest BCUT2D eigenvalue weighted by Gasteiger charge is -2.09. The molecule has 1 aliphatic carbocycles. The van der Waals surface area contributed by atoms with Crippen LogP contribution in [-0.4, -0.2) is 5.91 Å². The molecule has 4 heteroatoms. The van der Waals surface area contributed by atoms with E-state index in [-0.39, 0.29) is 17.2 Å². The minimum Gasteiger partial charge on any atom is -0.325 e. The molecule has 0 bridgehead atoms. The first-order valence-corrected chi connectivity index (χ1v) is 6.34. The maximum atomic E-state index is 11.9. The summed E-state index contributed by atoms with van der Waals surface area (Å²) in [5.41, 5.74) is 0.884. The van der Waals surface area contributed by atoms with E-state index < -0.39 is 0 Å². The Balaban J connectivity index is 2.10. The number of amides is 1.